The maximum Gasteiger partial charge on any atom is 0.261 e. The lowest BCUT2D eigenvalue weighted by molar-refractivity contribution is -0.128. The molecule has 0 bridgehead atoms. The fourth-order valence-electron chi connectivity index (χ4n) is 2.99. The van der Waals surface area contributed by atoms with Gasteiger partial charge in [-0.1, -0.05) is 60.7 Å². The number of methoxy groups -OCH3 is 1. The standard InChI is InChI=1S/C24H25NO3/c1-18(28-22-15-13-21(27-2)14-16-22)24(26)25-23(20-11-7-4-8-12-20)17-19-9-5-3-6-10-19/h3-16,18,23H,17H2,1-2H3,(H,25,26). The van der Waals surface area contributed by atoms with Gasteiger partial charge in [0.2, 0.25) is 0 Å². The summed E-state index contributed by atoms with van der Waals surface area (Å²) in [6.07, 6.45) is 0.0987. The first-order valence-electron chi connectivity index (χ1n) is 9.35. The minimum Gasteiger partial charge on any atom is -0.497 e. The van der Waals surface area contributed by atoms with E-state index in [1.54, 1.807) is 26.2 Å². The van der Waals surface area contributed by atoms with Gasteiger partial charge < -0.3 is 14.8 Å². The molecule has 0 fully saturated rings. The monoisotopic (exact) mass is 375 g/mol. The molecule has 0 radical (unpaired) electrons. The van der Waals surface area contributed by atoms with Crippen LogP contribution in [-0.2, 0) is 11.2 Å². The minimum absolute atomic E-state index is 0.127. The molecule has 4 nitrogen and oxygen atoms in total. The van der Waals surface area contributed by atoms with Crippen LogP contribution in [0.25, 0.3) is 0 Å². The summed E-state index contributed by atoms with van der Waals surface area (Å²) in [6, 6.07) is 27.2. The zero-order valence-electron chi connectivity index (χ0n) is 16.2. The van der Waals surface area contributed by atoms with Crippen molar-refractivity contribution in [3.8, 4) is 11.5 Å². The van der Waals surface area contributed by atoms with Crippen LogP contribution in [0.2, 0.25) is 0 Å². The van der Waals surface area contributed by atoms with Gasteiger partial charge in [-0.05, 0) is 48.7 Å². The van der Waals surface area contributed by atoms with Gasteiger partial charge in [0, 0.05) is 0 Å². The van der Waals surface area contributed by atoms with Gasteiger partial charge >= 0.3 is 0 Å². The van der Waals surface area contributed by atoms with E-state index in [2.05, 4.69) is 17.4 Å². The zero-order chi connectivity index (χ0) is 19.8. The topological polar surface area (TPSA) is 47.6 Å². The number of rotatable bonds is 8. The molecule has 0 aliphatic rings. The maximum absolute atomic E-state index is 12.8. The third-order valence-corrected chi connectivity index (χ3v) is 4.54. The second-order valence-electron chi connectivity index (χ2n) is 6.60. The van der Waals surface area contributed by atoms with Crippen LogP contribution in [0.5, 0.6) is 11.5 Å². The van der Waals surface area contributed by atoms with Gasteiger partial charge in [0.15, 0.2) is 6.10 Å². The summed E-state index contributed by atoms with van der Waals surface area (Å²) in [7, 11) is 1.61. The molecule has 0 saturated heterocycles. The van der Waals surface area contributed by atoms with Crippen molar-refractivity contribution in [3.05, 3.63) is 96.1 Å². The van der Waals surface area contributed by atoms with E-state index in [0.717, 1.165) is 11.3 Å². The van der Waals surface area contributed by atoms with Crippen molar-refractivity contribution in [3.63, 3.8) is 0 Å². The summed E-state index contributed by atoms with van der Waals surface area (Å²) < 4.78 is 10.9. The molecule has 0 aromatic heterocycles. The normalized spacial score (nSPS) is 12.6. The molecule has 28 heavy (non-hydrogen) atoms. The Morgan fingerprint density at radius 1 is 0.857 bits per heavy atom. The van der Waals surface area contributed by atoms with Crippen LogP contribution in [-0.4, -0.2) is 19.1 Å². The van der Waals surface area contributed by atoms with Gasteiger partial charge in [-0.3, -0.25) is 4.79 Å². The van der Waals surface area contributed by atoms with Crippen LogP contribution >= 0.6 is 0 Å². The molecular formula is C24H25NO3. The molecule has 144 valence electrons. The lowest BCUT2D eigenvalue weighted by Crippen LogP contribution is -2.39. The van der Waals surface area contributed by atoms with Crippen molar-refractivity contribution >= 4 is 5.91 Å². The predicted octanol–water partition coefficient (Wildman–Crippen LogP) is 4.56. The van der Waals surface area contributed by atoms with Crippen LogP contribution in [0.3, 0.4) is 0 Å². The highest BCUT2D eigenvalue weighted by molar-refractivity contribution is 5.81. The van der Waals surface area contributed by atoms with E-state index in [4.69, 9.17) is 9.47 Å². The highest BCUT2D eigenvalue weighted by Gasteiger charge is 2.20. The SMILES string of the molecule is COc1ccc(OC(C)C(=O)NC(Cc2ccccc2)c2ccccc2)cc1. The van der Waals surface area contributed by atoms with Gasteiger partial charge in [-0.2, -0.15) is 0 Å². The molecule has 1 N–H and O–H groups in total. The summed E-state index contributed by atoms with van der Waals surface area (Å²) >= 11 is 0. The number of benzene rings is 3. The number of carbonyl (C=O) groups excluding carboxylic acids is 1. The van der Waals surface area contributed by atoms with E-state index in [1.807, 2.05) is 60.7 Å². The Kier molecular flexibility index (Phi) is 6.68. The number of hydrogen-bond donors (Lipinski definition) is 1. The van der Waals surface area contributed by atoms with Gasteiger partial charge in [-0.25, -0.2) is 0 Å². The van der Waals surface area contributed by atoms with E-state index in [-0.39, 0.29) is 11.9 Å². The van der Waals surface area contributed by atoms with E-state index >= 15 is 0 Å². The molecule has 3 rings (SSSR count). The molecule has 0 saturated carbocycles. The van der Waals surface area contributed by atoms with Crippen molar-refractivity contribution < 1.29 is 14.3 Å². The van der Waals surface area contributed by atoms with Gasteiger partial charge in [-0.15, -0.1) is 0 Å². The van der Waals surface area contributed by atoms with Crippen molar-refractivity contribution in [1.82, 2.24) is 5.32 Å². The summed E-state index contributed by atoms with van der Waals surface area (Å²) in [5.41, 5.74) is 2.23. The molecule has 0 spiro atoms. The number of carbonyl (C=O) groups is 1. The Morgan fingerprint density at radius 3 is 2.04 bits per heavy atom. The molecule has 2 atom stereocenters. The van der Waals surface area contributed by atoms with Crippen molar-refractivity contribution in [1.29, 1.82) is 0 Å². The van der Waals surface area contributed by atoms with E-state index in [0.29, 0.717) is 12.2 Å². The quantitative estimate of drug-likeness (QED) is 0.628. The zero-order valence-corrected chi connectivity index (χ0v) is 16.2. The van der Waals surface area contributed by atoms with Gasteiger partial charge in [0.25, 0.3) is 5.91 Å². The third kappa shape index (κ3) is 5.36. The van der Waals surface area contributed by atoms with Crippen LogP contribution in [0.4, 0.5) is 0 Å². The van der Waals surface area contributed by atoms with E-state index < -0.39 is 6.10 Å². The molecule has 3 aromatic rings. The molecule has 1 amide bonds. The second-order valence-corrected chi connectivity index (χ2v) is 6.60. The van der Waals surface area contributed by atoms with E-state index in [9.17, 15) is 4.79 Å². The summed E-state index contributed by atoms with van der Waals surface area (Å²) in [6.45, 7) is 1.75. The van der Waals surface area contributed by atoms with Crippen LogP contribution in [0.1, 0.15) is 24.1 Å². The van der Waals surface area contributed by atoms with Crippen LogP contribution < -0.4 is 14.8 Å². The summed E-state index contributed by atoms with van der Waals surface area (Å²) in [5, 5.41) is 3.14. The Hall–Kier alpha value is -3.27. The third-order valence-electron chi connectivity index (χ3n) is 4.54. The Bertz CT molecular complexity index is 863. The number of amides is 1. The second kappa shape index (κ2) is 9.60. The first kappa shape index (κ1) is 19.5. The average Bonchev–Trinajstić information content (AvgIpc) is 2.75. The Balaban J connectivity index is 1.69. The summed E-state index contributed by atoms with van der Waals surface area (Å²) in [4.78, 5) is 12.8. The first-order chi connectivity index (χ1) is 13.7. The molecule has 3 aromatic carbocycles. The van der Waals surface area contributed by atoms with E-state index in [1.165, 1.54) is 5.56 Å². The van der Waals surface area contributed by atoms with Crippen molar-refractivity contribution in [2.24, 2.45) is 0 Å². The molecule has 0 heterocycles. The van der Waals surface area contributed by atoms with Crippen LogP contribution in [0.15, 0.2) is 84.9 Å². The molecule has 0 aliphatic carbocycles. The highest BCUT2D eigenvalue weighted by Crippen LogP contribution is 2.21. The fourth-order valence-corrected chi connectivity index (χ4v) is 2.99. The fraction of sp³-hybridized carbons (Fsp3) is 0.208. The highest BCUT2D eigenvalue weighted by atomic mass is 16.5. The first-order valence-corrected chi connectivity index (χ1v) is 9.35. The van der Waals surface area contributed by atoms with Crippen molar-refractivity contribution in [2.45, 2.75) is 25.5 Å². The molecule has 4 heteroatoms. The lowest BCUT2D eigenvalue weighted by Gasteiger charge is -2.22. The van der Waals surface area contributed by atoms with Gasteiger partial charge in [0.05, 0.1) is 13.2 Å². The smallest absolute Gasteiger partial charge is 0.261 e. The Morgan fingerprint density at radius 2 is 1.43 bits per heavy atom. The van der Waals surface area contributed by atoms with Crippen molar-refractivity contribution in [2.75, 3.05) is 7.11 Å². The molecular weight excluding hydrogens is 350 g/mol. The maximum atomic E-state index is 12.8. The minimum atomic E-state index is -0.615. The lowest BCUT2D eigenvalue weighted by atomic mass is 9.98. The van der Waals surface area contributed by atoms with Gasteiger partial charge in [0.1, 0.15) is 11.5 Å². The summed E-state index contributed by atoms with van der Waals surface area (Å²) in [5.74, 6) is 1.22. The van der Waals surface area contributed by atoms with Crippen LogP contribution in [0, 0.1) is 0 Å². The molecule has 0 aliphatic heterocycles. The number of nitrogens with one attached hydrogen (secondary N) is 1. The Labute approximate surface area is 166 Å². The number of hydrogen-bond acceptors (Lipinski definition) is 3. The average molecular weight is 375 g/mol. The predicted molar refractivity (Wildman–Crippen MR) is 111 cm³/mol. The molecule has 2 unspecified atom stereocenters. The largest absolute Gasteiger partial charge is 0.497 e. The number of ether oxygens (including phenoxy) is 2.